The van der Waals surface area contributed by atoms with Crippen LogP contribution >= 0.6 is 11.6 Å². The number of rotatable bonds is 8. The molecule has 9 nitrogen and oxygen atoms in total. The van der Waals surface area contributed by atoms with E-state index in [-0.39, 0.29) is 6.54 Å². The number of ketones is 1. The second kappa shape index (κ2) is 9.92. The quantitative estimate of drug-likeness (QED) is 0.336. The predicted molar refractivity (Wildman–Crippen MR) is 126 cm³/mol. The van der Waals surface area contributed by atoms with Crippen LogP contribution < -0.4 is 11.1 Å². The van der Waals surface area contributed by atoms with Gasteiger partial charge in [-0.3, -0.25) is 19.3 Å². The Kier molecular flexibility index (Phi) is 7.40. The third-order valence-electron chi connectivity index (χ3n) is 5.22. The summed E-state index contributed by atoms with van der Waals surface area (Å²) in [6.07, 6.45) is -1.24. The lowest BCUT2D eigenvalue weighted by Gasteiger charge is -2.31. The summed E-state index contributed by atoms with van der Waals surface area (Å²) in [5, 5.41) is 0.0489. The second-order valence-corrected chi connectivity index (χ2v) is 9.41. The molecule has 10 heteroatoms. The normalized spacial score (nSPS) is 18.1. The molecule has 1 aliphatic heterocycles. The topological polar surface area (TPSA) is 122 Å². The largest absolute Gasteiger partial charge is 0.330 e. The van der Waals surface area contributed by atoms with Crippen molar-refractivity contribution in [1.82, 2.24) is 9.80 Å². The van der Waals surface area contributed by atoms with Crippen LogP contribution in [0.2, 0.25) is 0 Å². The van der Waals surface area contributed by atoms with Crippen LogP contribution in [-0.2, 0) is 25.7 Å². The molecule has 3 N–H and O–H groups in total. The van der Waals surface area contributed by atoms with Gasteiger partial charge in [0.05, 0.1) is 0 Å². The third-order valence-corrected chi connectivity index (χ3v) is 5.67. The number of nitrogens with zero attached hydrogens (tertiary/aromatic N) is 2. The molecular weight excluding hydrogens is 460 g/mol. The van der Waals surface area contributed by atoms with Crippen LogP contribution in [0.15, 0.2) is 60.7 Å². The van der Waals surface area contributed by atoms with E-state index in [2.05, 4.69) is 5.32 Å². The number of para-hydroxylation sites is 1. The molecule has 3 rings (SSSR count). The number of nitrogens with one attached hydrogen (secondary N) is 1. The van der Waals surface area contributed by atoms with Crippen LogP contribution in [0.5, 0.6) is 0 Å². The monoisotopic (exact) mass is 486 g/mol. The van der Waals surface area contributed by atoms with Crippen molar-refractivity contribution in [3.63, 3.8) is 0 Å². The fraction of sp³-hybridized carbons (Fsp3) is 0.333. The van der Waals surface area contributed by atoms with Crippen molar-refractivity contribution in [2.45, 2.75) is 38.5 Å². The van der Waals surface area contributed by atoms with Gasteiger partial charge in [0.2, 0.25) is 0 Å². The number of hydrogen-bond donors (Lipinski definition) is 2. The molecular formula is C24H27ClN4O5. The maximum absolute atomic E-state index is 13.1. The van der Waals surface area contributed by atoms with E-state index in [1.807, 2.05) is 6.07 Å². The molecule has 0 aromatic heterocycles. The first-order valence-electron chi connectivity index (χ1n) is 10.6. The van der Waals surface area contributed by atoms with E-state index in [1.54, 1.807) is 75.4 Å². The first-order chi connectivity index (χ1) is 15.9. The molecule has 0 spiro atoms. The lowest BCUT2D eigenvalue weighted by Crippen LogP contribution is -2.53. The lowest BCUT2D eigenvalue weighted by molar-refractivity contribution is -0.157. The molecule has 2 aromatic carbocycles. The number of carbonyl (C=O) groups is 4. The maximum atomic E-state index is 13.1. The number of nitrogens with two attached hydrogens (primary N) is 1. The maximum Gasteiger partial charge on any atom is 0.330 e. The highest BCUT2D eigenvalue weighted by atomic mass is 35.5. The standard InChI is InChI=1S/C24H27ClN4O5/c1-23(2,3)20(31)24(25,21(32)27-17-12-8-5-9-13-17)34-15-29-19(30)18(26)28(22(29)33)14-16-10-6-4-7-11-16/h4-13,18H,14-15,26H2,1-3H3,(H,27,32). The zero-order chi connectivity index (χ0) is 25.1. The van der Waals surface area contributed by atoms with E-state index >= 15 is 0 Å². The van der Waals surface area contributed by atoms with Crippen molar-refractivity contribution in [3.8, 4) is 0 Å². The van der Waals surface area contributed by atoms with Crippen molar-refractivity contribution in [2.75, 3.05) is 12.0 Å². The zero-order valence-corrected chi connectivity index (χ0v) is 19.9. The third kappa shape index (κ3) is 5.27. The number of ether oxygens (including phenoxy) is 1. The van der Waals surface area contributed by atoms with Gasteiger partial charge >= 0.3 is 6.03 Å². The van der Waals surface area contributed by atoms with Gasteiger partial charge < -0.3 is 15.8 Å². The van der Waals surface area contributed by atoms with E-state index in [1.165, 1.54) is 4.90 Å². The van der Waals surface area contributed by atoms with Crippen LogP contribution in [0.25, 0.3) is 0 Å². The summed E-state index contributed by atoms with van der Waals surface area (Å²) in [5.74, 6) is -2.41. The van der Waals surface area contributed by atoms with E-state index in [9.17, 15) is 19.2 Å². The van der Waals surface area contributed by atoms with E-state index in [0.29, 0.717) is 5.69 Å². The number of benzene rings is 2. The van der Waals surface area contributed by atoms with Gasteiger partial charge in [0.25, 0.3) is 16.9 Å². The molecule has 180 valence electrons. The number of hydrogen-bond acceptors (Lipinski definition) is 6. The van der Waals surface area contributed by atoms with Crippen LogP contribution in [0.4, 0.5) is 10.5 Å². The van der Waals surface area contributed by atoms with Gasteiger partial charge in [-0.05, 0) is 17.7 Å². The summed E-state index contributed by atoms with van der Waals surface area (Å²) in [5.41, 5.74) is 6.07. The highest BCUT2D eigenvalue weighted by molar-refractivity contribution is 6.47. The van der Waals surface area contributed by atoms with Gasteiger partial charge in [-0.2, -0.15) is 0 Å². The number of Topliss-reactive ketones (excluding diaryl/α,β-unsaturated/α-hetero) is 1. The van der Waals surface area contributed by atoms with Crippen molar-refractivity contribution in [2.24, 2.45) is 11.1 Å². The van der Waals surface area contributed by atoms with Gasteiger partial charge in [0.1, 0.15) is 6.73 Å². The zero-order valence-electron chi connectivity index (χ0n) is 19.2. The van der Waals surface area contributed by atoms with Gasteiger partial charge in [-0.15, -0.1) is 0 Å². The van der Waals surface area contributed by atoms with Gasteiger partial charge in [0.15, 0.2) is 11.9 Å². The summed E-state index contributed by atoms with van der Waals surface area (Å²) in [6.45, 7) is 4.11. The number of anilines is 1. The molecule has 34 heavy (non-hydrogen) atoms. The van der Waals surface area contributed by atoms with Crippen LogP contribution in [-0.4, -0.2) is 51.4 Å². The fourth-order valence-electron chi connectivity index (χ4n) is 3.33. The Hall–Kier alpha value is -3.27. The first-order valence-corrected chi connectivity index (χ1v) is 11.0. The Morgan fingerprint density at radius 1 is 1.03 bits per heavy atom. The number of halogens is 1. The van der Waals surface area contributed by atoms with Crippen LogP contribution in [0.1, 0.15) is 26.3 Å². The summed E-state index contributed by atoms with van der Waals surface area (Å²) in [6, 6.07) is 16.7. The lowest BCUT2D eigenvalue weighted by atomic mass is 9.87. The minimum absolute atomic E-state index is 0.102. The Morgan fingerprint density at radius 2 is 1.59 bits per heavy atom. The molecule has 0 bridgehead atoms. The smallest absolute Gasteiger partial charge is 0.324 e. The summed E-state index contributed by atoms with van der Waals surface area (Å²) >= 11 is 6.47. The molecule has 0 radical (unpaired) electrons. The van der Waals surface area contributed by atoms with E-state index in [4.69, 9.17) is 22.1 Å². The molecule has 2 atom stereocenters. The number of carbonyl (C=O) groups excluding carboxylic acids is 4. The molecule has 1 saturated heterocycles. The molecule has 2 aromatic rings. The van der Waals surface area contributed by atoms with Crippen molar-refractivity contribution < 1.29 is 23.9 Å². The average molecular weight is 487 g/mol. The minimum Gasteiger partial charge on any atom is -0.324 e. The van der Waals surface area contributed by atoms with Gasteiger partial charge in [0, 0.05) is 17.6 Å². The summed E-state index contributed by atoms with van der Waals surface area (Å²) in [4.78, 5) is 53.7. The molecule has 2 unspecified atom stereocenters. The van der Waals surface area contributed by atoms with Crippen LogP contribution in [0, 0.1) is 5.41 Å². The predicted octanol–water partition coefficient (Wildman–Crippen LogP) is 2.90. The van der Waals surface area contributed by atoms with Crippen molar-refractivity contribution in [1.29, 1.82) is 0 Å². The number of imide groups is 1. The Labute approximate surface area is 202 Å². The fourth-order valence-corrected chi connectivity index (χ4v) is 3.71. The van der Waals surface area contributed by atoms with E-state index in [0.717, 1.165) is 10.5 Å². The molecule has 4 amide bonds. The first kappa shape index (κ1) is 25.4. The Balaban J connectivity index is 1.80. The molecule has 0 aliphatic carbocycles. The molecule has 1 fully saturated rings. The summed E-state index contributed by atoms with van der Waals surface area (Å²) < 4.78 is 5.53. The molecule has 1 heterocycles. The molecule has 0 saturated carbocycles. The number of alkyl halides is 1. The Morgan fingerprint density at radius 3 is 2.15 bits per heavy atom. The average Bonchev–Trinajstić information content (AvgIpc) is 3.00. The second-order valence-electron chi connectivity index (χ2n) is 8.88. The molecule has 1 aliphatic rings. The van der Waals surface area contributed by atoms with Gasteiger partial charge in [-0.1, -0.05) is 80.9 Å². The SMILES string of the molecule is CC(C)(C)C(=O)C(Cl)(OCN1C(=O)C(N)N(Cc2ccccc2)C1=O)C(=O)Nc1ccccc1. The van der Waals surface area contributed by atoms with Crippen molar-refractivity contribution >= 4 is 40.9 Å². The number of urea groups is 1. The minimum atomic E-state index is -2.49. The van der Waals surface area contributed by atoms with Gasteiger partial charge in [-0.25, -0.2) is 9.69 Å². The van der Waals surface area contributed by atoms with E-state index < -0.39 is 47.0 Å². The summed E-state index contributed by atoms with van der Waals surface area (Å²) in [7, 11) is 0. The number of amides is 4. The Bertz CT molecular complexity index is 1070. The highest BCUT2D eigenvalue weighted by Gasteiger charge is 2.52. The van der Waals surface area contributed by atoms with Crippen molar-refractivity contribution in [3.05, 3.63) is 66.2 Å². The van der Waals surface area contributed by atoms with Crippen LogP contribution in [0.3, 0.4) is 0 Å². The highest BCUT2D eigenvalue weighted by Crippen LogP contribution is 2.32.